The second-order valence-corrected chi connectivity index (χ2v) is 14.5. The van der Waals surface area contributed by atoms with Crippen LogP contribution < -0.4 is 4.90 Å². The van der Waals surface area contributed by atoms with Crippen LogP contribution in [0.5, 0.6) is 0 Å². The Morgan fingerprint density at radius 3 is 1.47 bits per heavy atom. The summed E-state index contributed by atoms with van der Waals surface area (Å²) in [6.45, 7) is 0. The van der Waals surface area contributed by atoms with E-state index in [4.69, 9.17) is 4.42 Å². The molecule has 9 aromatic carbocycles. The van der Waals surface area contributed by atoms with E-state index in [0.29, 0.717) is 0 Å². The number of aromatic nitrogens is 1. The van der Waals surface area contributed by atoms with Crippen LogP contribution in [0.15, 0.2) is 223 Å². The van der Waals surface area contributed by atoms with Gasteiger partial charge in [0.1, 0.15) is 11.2 Å². The molecule has 0 N–H and O–H groups in total. The van der Waals surface area contributed by atoms with Crippen LogP contribution in [0.1, 0.15) is 0 Å². The van der Waals surface area contributed by atoms with Crippen LogP contribution in [0, 0.1) is 0 Å². The highest BCUT2D eigenvalue weighted by Gasteiger charge is 2.18. The van der Waals surface area contributed by atoms with Crippen molar-refractivity contribution in [3.8, 4) is 39.1 Å². The Balaban J connectivity index is 1.06. The monoisotopic (exact) mass is 728 g/mol. The third-order valence-corrected chi connectivity index (χ3v) is 11.2. The number of benzene rings is 9. The van der Waals surface area contributed by atoms with Gasteiger partial charge in [-0.15, -0.1) is 0 Å². The van der Waals surface area contributed by atoms with Crippen LogP contribution in [0.3, 0.4) is 0 Å². The van der Waals surface area contributed by atoms with Crippen molar-refractivity contribution in [1.82, 2.24) is 4.57 Å². The number of rotatable bonds is 7. The Hall–Kier alpha value is -7.62. The standard InChI is InChI=1S/C54H36N2O/c1-3-13-37(14-4-1)38-23-27-41(28-24-38)55(44-32-34-49-48-19-9-12-22-53(48)57-54(49)36-44)42-29-25-40(26-30-42)50-35-43(31-33-45(50)39-15-5-2-6-16-39)56-51-20-10-7-17-46(51)47-18-8-11-21-52(47)56/h1-36H. The Kier molecular flexibility index (Phi) is 7.82. The summed E-state index contributed by atoms with van der Waals surface area (Å²) in [4.78, 5) is 2.32. The van der Waals surface area contributed by atoms with Gasteiger partial charge in [-0.05, 0) is 100 Å². The lowest BCUT2D eigenvalue weighted by molar-refractivity contribution is 0.669. The first kappa shape index (κ1) is 32.8. The van der Waals surface area contributed by atoms with E-state index in [0.717, 1.165) is 50.3 Å². The molecule has 0 aliphatic rings. The molecule has 3 nitrogen and oxygen atoms in total. The summed E-state index contributed by atoms with van der Waals surface area (Å²) in [5.41, 5.74) is 15.5. The number of furan rings is 1. The first-order valence-corrected chi connectivity index (χ1v) is 19.4. The summed E-state index contributed by atoms with van der Waals surface area (Å²) in [5.74, 6) is 0. The molecule has 2 aromatic heterocycles. The molecule has 3 heteroatoms. The summed E-state index contributed by atoms with van der Waals surface area (Å²) in [6, 6.07) is 78.1. The van der Waals surface area contributed by atoms with Crippen LogP contribution in [0.2, 0.25) is 0 Å². The minimum Gasteiger partial charge on any atom is -0.456 e. The Morgan fingerprint density at radius 2 is 0.807 bits per heavy atom. The Labute approximate surface area is 330 Å². The smallest absolute Gasteiger partial charge is 0.137 e. The van der Waals surface area contributed by atoms with E-state index in [9.17, 15) is 0 Å². The van der Waals surface area contributed by atoms with Gasteiger partial charge in [0, 0.05) is 50.4 Å². The number of fused-ring (bicyclic) bond motifs is 6. The molecule has 0 radical (unpaired) electrons. The van der Waals surface area contributed by atoms with E-state index < -0.39 is 0 Å². The zero-order chi connectivity index (χ0) is 37.7. The zero-order valence-corrected chi connectivity index (χ0v) is 31.1. The lowest BCUT2D eigenvalue weighted by Crippen LogP contribution is -2.09. The summed E-state index contributed by atoms with van der Waals surface area (Å²) < 4.78 is 8.79. The molecule has 0 spiro atoms. The molecule has 0 saturated heterocycles. The SMILES string of the molecule is c1ccc(-c2ccc(N(c3ccc(-c4cc(-n5c6ccccc6c6ccccc65)ccc4-c4ccccc4)cc3)c3ccc4c(c3)oc3ccccc34)cc2)cc1. The first-order chi connectivity index (χ1) is 28.3. The molecule has 0 unspecified atom stereocenters. The van der Waals surface area contributed by atoms with Gasteiger partial charge in [0.25, 0.3) is 0 Å². The highest BCUT2D eigenvalue weighted by Crippen LogP contribution is 2.42. The minimum atomic E-state index is 0.866. The summed E-state index contributed by atoms with van der Waals surface area (Å²) in [6.07, 6.45) is 0. The average Bonchev–Trinajstić information content (AvgIpc) is 3.83. The van der Waals surface area contributed by atoms with Crippen molar-refractivity contribution in [1.29, 1.82) is 0 Å². The van der Waals surface area contributed by atoms with Crippen molar-refractivity contribution in [3.05, 3.63) is 218 Å². The Morgan fingerprint density at radius 1 is 0.316 bits per heavy atom. The van der Waals surface area contributed by atoms with E-state index in [2.05, 4.69) is 216 Å². The van der Waals surface area contributed by atoms with Crippen molar-refractivity contribution in [2.75, 3.05) is 4.90 Å². The van der Waals surface area contributed by atoms with Gasteiger partial charge < -0.3 is 13.9 Å². The second-order valence-electron chi connectivity index (χ2n) is 14.5. The van der Waals surface area contributed by atoms with Gasteiger partial charge in [-0.3, -0.25) is 0 Å². The van der Waals surface area contributed by atoms with Crippen molar-refractivity contribution >= 4 is 60.8 Å². The van der Waals surface area contributed by atoms with Gasteiger partial charge in [0.05, 0.1) is 11.0 Å². The third kappa shape index (κ3) is 5.68. The second kappa shape index (κ2) is 13.6. The maximum Gasteiger partial charge on any atom is 0.137 e. The topological polar surface area (TPSA) is 21.3 Å². The van der Waals surface area contributed by atoms with Crippen LogP contribution in [-0.2, 0) is 0 Å². The number of anilines is 3. The normalized spacial score (nSPS) is 11.5. The lowest BCUT2D eigenvalue weighted by atomic mass is 9.93. The lowest BCUT2D eigenvalue weighted by Gasteiger charge is -2.26. The molecule has 268 valence electrons. The highest BCUT2D eigenvalue weighted by atomic mass is 16.3. The number of nitrogens with zero attached hydrogens (tertiary/aromatic N) is 2. The van der Waals surface area contributed by atoms with Crippen molar-refractivity contribution in [2.45, 2.75) is 0 Å². The summed E-state index contributed by atoms with van der Waals surface area (Å²) in [5, 5.41) is 4.74. The van der Waals surface area contributed by atoms with Gasteiger partial charge in [-0.2, -0.15) is 0 Å². The van der Waals surface area contributed by atoms with Gasteiger partial charge in [-0.1, -0.05) is 146 Å². The fourth-order valence-corrected chi connectivity index (χ4v) is 8.50. The molecule has 11 rings (SSSR count). The van der Waals surface area contributed by atoms with Gasteiger partial charge >= 0.3 is 0 Å². The van der Waals surface area contributed by atoms with Gasteiger partial charge in [-0.25, -0.2) is 0 Å². The molecule has 0 saturated carbocycles. The molecule has 2 heterocycles. The Bertz CT molecular complexity index is 3160. The summed E-state index contributed by atoms with van der Waals surface area (Å²) in [7, 11) is 0. The molecular formula is C54H36N2O. The van der Waals surface area contributed by atoms with Crippen molar-refractivity contribution in [3.63, 3.8) is 0 Å². The minimum absolute atomic E-state index is 0.866. The van der Waals surface area contributed by atoms with E-state index in [1.807, 2.05) is 12.1 Å². The van der Waals surface area contributed by atoms with Crippen LogP contribution >= 0.6 is 0 Å². The molecule has 11 aromatic rings. The first-order valence-electron chi connectivity index (χ1n) is 19.4. The summed E-state index contributed by atoms with van der Waals surface area (Å²) >= 11 is 0. The van der Waals surface area contributed by atoms with E-state index in [1.165, 1.54) is 49.6 Å². The third-order valence-electron chi connectivity index (χ3n) is 11.2. The van der Waals surface area contributed by atoms with E-state index in [-0.39, 0.29) is 0 Å². The predicted octanol–water partition coefficient (Wildman–Crippen LogP) is 15.2. The molecule has 0 aliphatic heterocycles. The molecular weight excluding hydrogens is 693 g/mol. The fraction of sp³-hybridized carbons (Fsp3) is 0. The van der Waals surface area contributed by atoms with Gasteiger partial charge in [0.2, 0.25) is 0 Å². The molecule has 0 atom stereocenters. The van der Waals surface area contributed by atoms with Gasteiger partial charge in [0.15, 0.2) is 0 Å². The fourth-order valence-electron chi connectivity index (χ4n) is 8.50. The molecule has 0 bridgehead atoms. The van der Waals surface area contributed by atoms with Crippen molar-refractivity contribution < 1.29 is 4.42 Å². The molecule has 0 fully saturated rings. The quantitative estimate of drug-likeness (QED) is 0.163. The van der Waals surface area contributed by atoms with Crippen molar-refractivity contribution in [2.24, 2.45) is 0 Å². The van der Waals surface area contributed by atoms with Crippen LogP contribution in [0.25, 0.3) is 82.8 Å². The number of hydrogen-bond acceptors (Lipinski definition) is 2. The molecule has 0 amide bonds. The number of para-hydroxylation sites is 3. The van der Waals surface area contributed by atoms with Crippen LogP contribution in [0.4, 0.5) is 17.1 Å². The van der Waals surface area contributed by atoms with E-state index >= 15 is 0 Å². The molecule has 0 aliphatic carbocycles. The maximum atomic E-state index is 6.39. The number of hydrogen-bond donors (Lipinski definition) is 0. The average molecular weight is 729 g/mol. The maximum absolute atomic E-state index is 6.39. The largest absolute Gasteiger partial charge is 0.456 e. The zero-order valence-electron chi connectivity index (χ0n) is 31.1. The molecule has 57 heavy (non-hydrogen) atoms. The highest BCUT2D eigenvalue weighted by molar-refractivity contribution is 6.09. The van der Waals surface area contributed by atoms with E-state index in [1.54, 1.807) is 0 Å². The van der Waals surface area contributed by atoms with Crippen LogP contribution in [-0.4, -0.2) is 4.57 Å². The predicted molar refractivity (Wildman–Crippen MR) is 239 cm³/mol.